The highest BCUT2D eigenvalue weighted by Crippen LogP contribution is 2.32. The van der Waals surface area contributed by atoms with E-state index in [9.17, 15) is 4.39 Å². The molecule has 1 aromatic carbocycles. The molecule has 5 heteroatoms. The van der Waals surface area contributed by atoms with Gasteiger partial charge in [0.2, 0.25) is 0 Å². The van der Waals surface area contributed by atoms with Crippen LogP contribution in [0.4, 0.5) is 4.39 Å². The van der Waals surface area contributed by atoms with Crippen molar-refractivity contribution in [2.24, 2.45) is 0 Å². The van der Waals surface area contributed by atoms with E-state index in [-0.39, 0.29) is 11.9 Å². The molecular formula is C15H17BrFNOS. The van der Waals surface area contributed by atoms with Crippen molar-refractivity contribution < 1.29 is 9.13 Å². The van der Waals surface area contributed by atoms with E-state index < -0.39 is 0 Å². The van der Waals surface area contributed by atoms with E-state index in [1.165, 1.54) is 10.9 Å². The number of hydrogen-bond acceptors (Lipinski definition) is 3. The van der Waals surface area contributed by atoms with Gasteiger partial charge in [-0.05, 0) is 40.7 Å². The molecule has 0 aliphatic carbocycles. The van der Waals surface area contributed by atoms with Crippen LogP contribution in [0.25, 0.3) is 0 Å². The van der Waals surface area contributed by atoms with Gasteiger partial charge in [-0.15, -0.1) is 11.3 Å². The lowest BCUT2D eigenvalue weighted by Crippen LogP contribution is -2.24. The highest BCUT2D eigenvalue weighted by Gasteiger charge is 2.20. The Kier molecular flexibility index (Phi) is 5.57. The standard InChI is InChI=1S/C15H17BrFNOS/c1-3-18-13(8-11-7-10(16)9-20-11)15-12(17)5-4-6-14(15)19-2/h4-7,9,13,18H,3,8H2,1-2H3. The van der Waals surface area contributed by atoms with Gasteiger partial charge in [-0.25, -0.2) is 4.39 Å². The summed E-state index contributed by atoms with van der Waals surface area (Å²) in [5.41, 5.74) is 0.598. The summed E-state index contributed by atoms with van der Waals surface area (Å²) in [5, 5.41) is 5.38. The third-order valence-electron chi connectivity index (χ3n) is 3.06. The van der Waals surface area contributed by atoms with Crippen molar-refractivity contribution in [3.05, 3.63) is 50.4 Å². The summed E-state index contributed by atoms with van der Waals surface area (Å²) in [4.78, 5) is 1.20. The van der Waals surface area contributed by atoms with Crippen LogP contribution in [-0.4, -0.2) is 13.7 Å². The summed E-state index contributed by atoms with van der Waals surface area (Å²) >= 11 is 5.12. The van der Waals surface area contributed by atoms with Gasteiger partial charge in [0.25, 0.3) is 0 Å². The molecule has 2 aromatic rings. The van der Waals surface area contributed by atoms with E-state index in [2.05, 4.69) is 27.3 Å². The van der Waals surface area contributed by atoms with Gasteiger partial charge in [-0.3, -0.25) is 0 Å². The summed E-state index contributed by atoms with van der Waals surface area (Å²) in [5.74, 6) is 0.359. The van der Waals surface area contributed by atoms with Crippen LogP contribution in [0.1, 0.15) is 23.4 Å². The minimum absolute atomic E-state index is 0.0956. The maximum Gasteiger partial charge on any atom is 0.131 e. The van der Waals surface area contributed by atoms with Gasteiger partial charge >= 0.3 is 0 Å². The average molecular weight is 358 g/mol. The average Bonchev–Trinajstić information content (AvgIpc) is 2.83. The van der Waals surface area contributed by atoms with Crippen molar-refractivity contribution in [1.82, 2.24) is 5.32 Å². The fourth-order valence-electron chi connectivity index (χ4n) is 2.22. The zero-order valence-electron chi connectivity index (χ0n) is 11.5. The zero-order valence-corrected chi connectivity index (χ0v) is 13.9. The van der Waals surface area contributed by atoms with Crippen LogP contribution in [0.2, 0.25) is 0 Å². The van der Waals surface area contributed by atoms with Gasteiger partial charge < -0.3 is 10.1 Å². The quantitative estimate of drug-likeness (QED) is 0.818. The second-order valence-corrected chi connectivity index (χ2v) is 6.31. The van der Waals surface area contributed by atoms with Crippen molar-refractivity contribution >= 4 is 27.3 Å². The van der Waals surface area contributed by atoms with Crippen molar-refractivity contribution in [2.75, 3.05) is 13.7 Å². The van der Waals surface area contributed by atoms with E-state index in [0.717, 1.165) is 17.4 Å². The Balaban J connectivity index is 2.33. The van der Waals surface area contributed by atoms with Crippen molar-refractivity contribution in [3.63, 3.8) is 0 Å². The van der Waals surface area contributed by atoms with Gasteiger partial charge in [0, 0.05) is 32.8 Å². The Morgan fingerprint density at radius 3 is 2.85 bits per heavy atom. The molecule has 0 spiro atoms. The Labute approximate surface area is 131 Å². The maximum atomic E-state index is 14.2. The topological polar surface area (TPSA) is 21.3 Å². The molecule has 0 aliphatic rings. The molecule has 0 radical (unpaired) electrons. The number of methoxy groups -OCH3 is 1. The third kappa shape index (κ3) is 3.59. The van der Waals surface area contributed by atoms with E-state index in [1.807, 2.05) is 12.3 Å². The number of ether oxygens (including phenoxy) is 1. The minimum atomic E-state index is -0.231. The van der Waals surface area contributed by atoms with E-state index in [1.54, 1.807) is 30.6 Å². The minimum Gasteiger partial charge on any atom is -0.496 e. The van der Waals surface area contributed by atoms with Gasteiger partial charge in [0.15, 0.2) is 0 Å². The second-order valence-electron chi connectivity index (χ2n) is 4.40. The molecule has 0 saturated carbocycles. The van der Waals surface area contributed by atoms with Crippen LogP contribution in [0.5, 0.6) is 5.75 Å². The SMILES string of the molecule is CCNC(Cc1cc(Br)cs1)c1c(F)cccc1OC. The van der Waals surface area contributed by atoms with Gasteiger partial charge in [-0.2, -0.15) is 0 Å². The number of likely N-dealkylation sites (N-methyl/N-ethyl adjacent to an activating group) is 1. The number of benzene rings is 1. The van der Waals surface area contributed by atoms with Crippen molar-refractivity contribution in [3.8, 4) is 5.75 Å². The summed E-state index contributed by atoms with van der Waals surface area (Å²) < 4.78 is 20.6. The van der Waals surface area contributed by atoms with Crippen LogP contribution in [0.3, 0.4) is 0 Å². The lowest BCUT2D eigenvalue weighted by Gasteiger charge is -2.20. The summed E-state index contributed by atoms with van der Waals surface area (Å²) in [7, 11) is 1.57. The van der Waals surface area contributed by atoms with Gasteiger partial charge in [0.05, 0.1) is 7.11 Å². The Morgan fingerprint density at radius 2 is 2.25 bits per heavy atom. The number of nitrogens with one attached hydrogen (secondary N) is 1. The maximum absolute atomic E-state index is 14.2. The van der Waals surface area contributed by atoms with Crippen LogP contribution >= 0.6 is 27.3 Å². The van der Waals surface area contributed by atoms with Gasteiger partial charge in [0.1, 0.15) is 11.6 Å². The summed E-state index contributed by atoms with van der Waals surface area (Å²) in [6.45, 7) is 2.79. The first kappa shape index (κ1) is 15.5. The van der Waals surface area contributed by atoms with E-state index >= 15 is 0 Å². The molecule has 108 valence electrons. The van der Waals surface area contributed by atoms with Crippen molar-refractivity contribution in [2.45, 2.75) is 19.4 Å². The highest BCUT2D eigenvalue weighted by molar-refractivity contribution is 9.10. The number of hydrogen-bond donors (Lipinski definition) is 1. The largest absolute Gasteiger partial charge is 0.496 e. The molecular weight excluding hydrogens is 341 g/mol. The number of rotatable bonds is 6. The predicted octanol–water partition coefficient (Wildman–Crippen LogP) is 4.55. The number of halogens is 2. The second kappa shape index (κ2) is 7.20. The molecule has 1 atom stereocenters. The molecule has 0 amide bonds. The molecule has 0 bridgehead atoms. The first-order valence-corrected chi connectivity index (χ1v) is 8.11. The smallest absolute Gasteiger partial charge is 0.131 e. The molecule has 0 fully saturated rings. The Hall–Kier alpha value is -0.910. The lowest BCUT2D eigenvalue weighted by atomic mass is 10.0. The molecule has 2 rings (SSSR count). The lowest BCUT2D eigenvalue weighted by molar-refractivity contribution is 0.391. The third-order valence-corrected chi connectivity index (χ3v) is 4.78. The zero-order chi connectivity index (χ0) is 14.5. The van der Waals surface area contributed by atoms with E-state index in [4.69, 9.17) is 4.74 Å². The van der Waals surface area contributed by atoms with Crippen molar-refractivity contribution in [1.29, 1.82) is 0 Å². The molecule has 1 heterocycles. The fourth-order valence-corrected chi connectivity index (χ4v) is 3.72. The summed E-state index contributed by atoms with van der Waals surface area (Å²) in [6, 6.07) is 6.92. The molecule has 1 unspecified atom stereocenters. The van der Waals surface area contributed by atoms with Crippen LogP contribution in [0.15, 0.2) is 34.1 Å². The first-order chi connectivity index (χ1) is 9.65. The number of thiophene rings is 1. The fraction of sp³-hybridized carbons (Fsp3) is 0.333. The van der Waals surface area contributed by atoms with Crippen LogP contribution < -0.4 is 10.1 Å². The van der Waals surface area contributed by atoms with Crippen LogP contribution in [0, 0.1) is 5.82 Å². The highest BCUT2D eigenvalue weighted by atomic mass is 79.9. The molecule has 20 heavy (non-hydrogen) atoms. The predicted molar refractivity (Wildman–Crippen MR) is 85.1 cm³/mol. The summed E-state index contributed by atoms with van der Waals surface area (Å²) in [6.07, 6.45) is 0.738. The molecule has 1 N–H and O–H groups in total. The van der Waals surface area contributed by atoms with Crippen LogP contribution in [-0.2, 0) is 6.42 Å². The molecule has 1 aromatic heterocycles. The first-order valence-electron chi connectivity index (χ1n) is 6.44. The monoisotopic (exact) mass is 357 g/mol. The van der Waals surface area contributed by atoms with E-state index in [0.29, 0.717) is 11.3 Å². The van der Waals surface area contributed by atoms with Gasteiger partial charge in [-0.1, -0.05) is 13.0 Å². The normalized spacial score (nSPS) is 12.4. The Bertz CT molecular complexity index is 573. The molecule has 0 aliphatic heterocycles. The molecule has 2 nitrogen and oxygen atoms in total. The Morgan fingerprint density at radius 1 is 1.45 bits per heavy atom. The molecule has 0 saturated heterocycles.